The number of nitriles is 1. The van der Waals surface area contributed by atoms with Gasteiger partial charge in [-0.05, 0) is 37.6 Å². The maximum atomic E-state index is 13.7. The molecule has 3 heteroatoms. The van der Waals surface area contributed by atoms with Crippen LogP contribution in [0.2, 0.25) is 0 Å². The van der Waals surface area contributed by atoms with Gasteiger partial charge >= 0.3 is 0 Å². The second kappa shape index (κ2) is 6.31. The van der Waals surface area contributed by atoms with Crippen LogP contribution in [0.15, 0.2) is 42.5 Å². The minimum atomic E-state index is -0.285. The van der Waals surface area contributed by atoms with E-state index < -0.39 is 0 Å². The summed E-state index contributed by atoms with van der Waals surface area (Å²) in [4.78, 5) is 0. The predicted octanol–water partition coefficient (Wildman–Crippen LogP) is 3.86. The van der Waals surface area contributed by atoms with Crippen LogP contribution in [-0.4, -0.2) is 0 Å². The quantitative estimate of drug-likeness (QED) is 0.914. The van der Waals surface area contributed by atoms with Gasteiger partial charge in [-0.25, -0.2) is 4.39 Å². The van der Waals surface area contributed by atoms with E-state index in [0.29, 0.717) is 17.7 Å². The molecule has 0 aliphatic rings. The van der Waals surface area contributed by atoms with Crippen LogP contribution in [0.1, 0.15) is 35.2 Å². The molecule has 0 aliphatic heterocycles. The van der Waals surface area contributed by atoms with Crippen molar-refractivity contribution in [3.05, 3.63) is 70.5 Å². The maximum absolute atomic E-state index is 13.7. The molecule has 2 nitrogen and oxygen atoms in total. The summed E-state index contributed by atoms with van der Waals surface area (Å²) in [6.45, 7) is 4.48. The number of hydrogen-bond acceptors (Lipinski definition) is 2. The summed E-state index contributed by atoms with van der Waals surface area (Å²) in [7, 11) is 0. The van der Waals surface area contributed by atoms with Gasteiger partial charge in [0, 0.05) is 18.2 Å². The van der Waals surface area contributed by atoms with Gasteiger partial charge in [0.2, 0.25) is 0 Å². The van der Waals surface area contributed by atoms with Crippen molar-refractivity contribution >= 4 is 0 Å². The average Bonchev–Trinajstić information content (AvgIpc) is 2.47. The topological polar surface area (TPSA) is 35.8 Å². The summed E-state index contributed by atoms with van der Waals surface area (Å²) >= 11 is 0. The van der Waals surface area contributed by atoms with Gasteiger partial charge in [-0.3, -0.25) is 0 Å². The van der Waals surface area contributed by atoms with Crippen LogP contribution in [0.4, 0.5) is 4.39 Å². The molecule has 0 amide bonds. The molecule has 0 heterocycles. The first-order valence-corrected chi connectivity index (χ1v) is 6.58. The lowest BCUT2D eigenvalue weighted by Crippen LogP contribution is -2.18. The Kier molecular flexibility index (Phi) is 4.49. The molecule has 0 radical (unpaired) electrons. The molecule has 1 atom stereocenters. The van der Waals surface area contributed by atoms with Crippen molar-refractivity contribution in [1.82, 2.24) is 5.32 Å². The molecule has 102 valence electrons. The first-order valence-electron chi connectivity index (χ1n) is 6.58. The molecule has 0 saturated heterocycles. The standard InChI is InChI=1S/C17H17FN2/c1-12-3-6-15(7-4-12)13(2)20-11-16-9-14(10-19)5-8-17(16)18/h3-9,13,20H,11H2,1-2H3/t13-/m1/s1. The van der Waals surface area contributed by atoms with Gasteiger partial charge in [-0.2, -0.15) is 5.26 Å². The van der Waals surface area contributed by atoms with Gasteiger partial charge in [0.25, 0.3) is 0 Å². The zero-order valence-corrected chi connectivity index (χ0v) is 11.7. The molecule has 2 aromatic carbocycles. The second-order valence-corrected chi connectivity index (χ2v) is 4.93. The Bertz CT molecular complexity index is 626. The van der Waals surface area contributed by atoms with E-state index >= 15 is 0 Å². The Morgan fingerprint density at radius 1 is 1.20 bits per heavy atom. The van der Waals surface area contributed by atoms with Crippen LogP contribution >= 0.6 is 0 Å². The molecule has 1 N–H and O–H groups in total. The third-order valence-corrected chi connectivity index (χ3v) is 3.35. The highest BCUT2D eigenvalue weighted by atomic mass is 19.1. The van der Waals surface area contributed by atoms with Crippen LogP contribution in [0.25, 0.3) is 0 Å². The van der Waals surface area contributed by atoms with Gasteiger partial charge in [-0.15, -0.1) is 0 Å². The largest absolute Gasteiger partial charge is 0.306 e. The maximum Gasteiger partial charge on any atom is 0.127 e. The fourth-order valence-corrected chi connectivity index (χ4v) is 2.02. The molecule has 0 saturated carbocycles. The lowest BCUT2D eigenvalue weighted by molar-refractivity contribution is 0.544. The van der Waals surface area contributed by atoms with Crippen molar-refractivity contribution in [3.8, 4) is 6.07 Å². The third-order valence-electron chi connectivity index (χ3n) is 3.35. The van der Waals surface area contributed by atoms with E-state index in [1.165, 1.54) is 17.7 Å². The summed E-state index contributed by atoms with van der Waals surface area (Å²) in [5, 5.41) is 12.1. The zero-order valence-electron chi connectivity index (χ0n) is 11.7. The molecule has 2 rings (SSSR count). The van der Waals surface area contributed by atoms with E-state index in [2.05, 4.69) is 29.6 Å². The van der Waals surface area contributed by atoms with Crippen LogP contribution in [0.5, 0.6) is 0 Å². The Hall–Kier alpha value is -2.18. The summed E-state index contributed by atoms with van der Waals surface area (Å²) < 4.78 is 13.7. The van der Waals surface area contributed by atoms with Gasteiger partial charge in [0.1, 0.15) is 5.82 Å². The molecule has 0 unspecified atom stereocenters. The molecule has 0 fully saturated rings. The first-order chi connectivity index (χ1) is 9.60. The number of hydrogen-bond donors (Lipinski definition) is 1. The van der Waals surface area contributed by atoms with Gasteiger partial charge < -0.3 is 5.32 Å². The Balaban J connectivity index is 2.05. The molecular weight excluding hydrogens is 251 g/mol. The fourth-order valence-electron chi connectivity index (χ4n) is 2.02. The molecule has 0 aliphatic carbocycles. The predicted molar refractivity (Wildman–Crippen MR) is 77.5 cm³/mol. The SMILES string of the molecule is Cc1ccc([C@@H](C)NCc2cc(C#N)ccc2F)cc1. The van der Waals surface area contributed by atoms with Crippen LogP contribution < -0.4 is 5.32 Å². The van der Waals surface area contributed by atoms with Gasteiger partial charge in [0.05, 0.1) is 11.6 Å². The van der Waals surface area contributed by atoms with Gasteiger partial charge in [0.15, 0.2) is 0 Å². The number of nitrogens with one attached hydrogen (secondary N) is 1. The van der Waals surface area contributed by atoms with Crippen LogP contribution in [0.3, 0.4) is 0 Å². The molecule has 0 aromatic heterocycles. The minimum Gasteiger partial charge on any atom is -0.306 e. The Labute approximate surface area is 118 Å². The van der Waals surface area contributed by atoms with Crippen molar-refractivity contribution < 1.29 is 4.39 Å². The van der Waals surface area contributed by atoms with E-state index in [-0.39, 0.29) is 11.9 Å². The lowest BCUT2D eigenvalue weighted by Gasteiger charge is -2.15. The molecule has 0 bridgehead atoms. The summed E-state index contributed by atoms with van der Waals surface area (Å²) in [6, 6.07) is 14.8. The minimum absolute atomic E-state index is 0.126. The highest BCUT2D eigenvalue weighted by molar-refractivity contribution is 5.34. The number of aryl methyl sites for hydroxylation is 1. The molecule has 2 aromatic rings. The van der Waals surface area contributed by atoms with Crippen LogP contribution in [0, 0.1) is 24.1 Å². The highest BCUT2D eigenvalue weighted by Gasteiger charge is 2.08. The Morgan fingerprint density at radius 3 is 2.55 bits per heavy atom. The highest BCUT2D eigenvalue weighted by Crippen LogP contribution is 2.15. The average molecular weight is 268 g/mol. The number of rotatable bonds is 4. The van der Waals surface area contributed by atoms with Crippen LogP contribution in [-0.2, 0) is 6.54 Å². The smallest absolute Gasteiger partial charge is 0.127 e. The van der Waals surface area contributed by atoms with E-state index in [0.717, 1.165) is 5.56 Å². The van der Waals surface area contributed by atoms with Crippen molar-refractivity contribution in [2.75, 3.05) is 0 Å². The fraction of sp³-hybridized carbons (Fsp3) is 0.235. The molecule has 20 heavy (non-hydrogen) atoms. The van der Waals surface area contributed by atoms with Crippen molar-refractivity contribution in [2.45, 2.75) is 26.4 Å². The summed E-state index contributed by atoms with van der Waals surface area (Å²) in [6.07, 6.45) is 0. The normalized spacial score (nSPS) is 11.9. The van der Waals surface area contributed by atoms with Crippen molar-refractivity contribution in [2.24, 2.45) is 0 Å². The van der Waals surface area contributed by atoms with E-state index in [4.69, 9.17) is 5.26 Å². The summed E-state index contributed by atoms with van der Waals surface area (Å²) in [5.41, 5.74) is 3.37. The number of halogens is 1. The first kappa shape index (κ1) is 14.2. The third kappa shape index (κ3) is 3.43. The van der Waals surface area contributed by atoms with E-state index in [9.17, 15) is 4.39 Å². The van der Waals surface area contributed by atoms with Gasteiger partial charge in [-0.1, -0.05) is 29.8 Å². The van der Waals surface area contributed by atoms with Crippen molar-refractivity contribution in [3.63, 3.8) is 0 Å². The lowest BCUT2D eigenvalue weighted by atomic mass is 10.1. The monoisotopic (exact) mass is 268 g/mol. The van der Waals surface area contributed by atoms with E-state index in [1.807, 2.05) is 19.9 Å². The van der Waals surface area contributed by atoms with Crippen molar-refractivity contribution in [1.29, 1.82) is 5.26 Å². The number of benzene rings is 2. The summed E-state index contributed by atoms with van der Waals surface area (Å²) in [5.74, 6) is -0.285. The molecular formula is C17H17FN2. The number of nitrogens with zero attached hydrogens (tertiary/aromatic N) is 1. The zero-order chi connectivity index (χ0) is 14.5. The van der Waals surface area contributed by atoms with E-state index in [1.54, 1.807) is 6.07 Å². The molecule has 0 spiro atoms. The second-order valence-electron chi connectivity index (χ2n) is 4.93. The Morgan fingerprint density at radius 2 is 1.90 bits per heavy atom.